The molecule has 17 heavy (non-hydrogen) atoms. The van der Waals surface area contributed by atoms with Gasteiger partial charge in [-0.1, -0.05) is 0 Å². The lowest BCUT2D eigenvalue weighted by Gasteiger charge is -2.03. The van der Waals surface area contributed by atoms with E-state index in [0.29, 0.717) is 0 Å². The van der Waals surface area contributed by atoms with Crippen LogP contribution in [0.5, 0.6) is 0 Å². The fourth-order valence-corrected chi connectivity index (χ4v) is 1.50. The minimum atomic E-state index is -1.17. The summed E-state index contributed by atoms with van der Waals surface area (Å²) in [6, 6.07) is 3.04. The number of hydrogen-bond acceptors (Lipinski definition) is 3. The summed E-state index contributed by atoms with van der Waals surface area (Å²) >= 11 is 0. The van der Waals surface area contributed by atoms with E-state index in [1.165, 1.54) is 0 Å². The molecule has 1 aromatic heterocycles. The molecule has 0 fully saturated rings. The number of halogens is 2. The molecule has 0 spiro atoms. The van der Waals surface area contributed by atoms with Gasteiger partial charge in [-0.15, -0.1) is 0 Å². The van der Waals surface area contributed by atoms with Gasteiger partial charge in [-0.25, -0.2) is 13.6 Å². The second-order valence-corrected chi connectivity index (χ2v) is 3.33. The SMILES string of the molecule is COC(=O)c1cc2c(F)c(F)ccc2c(=O)[nH]1. The Balaban J connectivity index is 2.84. The maximum absolute atomic E-state index is 13.4. The van der Waals surface area contributed by atoms with Crippen molar-refractivity contribution in [3.8, 4) is 0 Å². The summed E-state index contributed by atoms with van der Waals surface area (Å²) < 4.78 is 30.8. The van der Waals surface area contributed by atoms with Crippen LogP contribution in [0.3, 0.4) is 0 Å². The second-order valence-electron chi connectivity index (χ2n) is 3.33. The molecule has 0 atom stereocenters. The van der Waals surface area contributed by atoms with Crippen molar-refractivity contribution in [2.75, 3.05) is 7.11 Å². The van der Waals surface area contributed by atoms with E-state index in [0.717, 1.165) is 25.3 Å². The number of H-pyrrole nitrogens is 1. The Morgan fingerprint density at radius 1 is 1.29 bits per heavy atom. The summed E-state index contributed by atoms with van der Waals surface area (Å²) in [6.07, 6.45) is 0. The average Bonchev–Trinajstić information content (AvgIpc) is 2.33. The van der Waals surface area contributed by atoms with Crippen LogP contribution in [0.25, 0.3) is 10.8 Å². The van der Waals surface area contributed by atoms with Gasteiger partial charge in [0.05, 0.1) is 12.5 Å². The first-order chi connectivity index (χ1) is 8.04. The maximum Gasteiger partial charge on any atom is 0.354 e. The van der Waals surface area contributed by atoms with Crippen molar-refractivity contribution >= 4 is 16.7 Å². The number of aromatic amines is 1. The van der Waals surface area contributed by atoms with Crippen molar-refractivity contribution in [3.63, 3.8) is 0 Å². The van der Waals surface area contributed by atoms with E-state index in [-0.39, 0.29) is 16.5 Å². The third-order valence-electron chi connectivity index (χ3n) is 2.32. The third kappa shape index (κ3) is 1.77. The van der Waals surface area contributed by atoms with E-state index >= 15 is 0 Å². The standard InChI is InChI=1S/C11H7F2NO3/c1-17-11(16)8-4-6-5(10(15)14-8)2-3-7(12)9(6)13/h2-4H,1H3,(H,14,15). The van der Waals surface area contributed by atoms with Gasteiger partial charge in [0.25, 0.3) is 5.56 Å². The quantitative estimate of drug-likeness (QED) is 0.769. The van der Waals surface area contributed by atoms with Gasteiger partial charge in [-0.3, -0.25) is 4.79 Å². The van der Waals surface area contributed by atoms with Crippen LogP contribution in [0.1, 0.15) is 10.5 Å². The van der Waals surface area contributed by atoms with Crippen molar-refractivity contribution in [3.05, 3.63) is 45.9 Å². The number of ether oxygens (including phenoxy) is 1. The monoisotopic (exact) mass is 239 g/mol. The van der Waals surface area contributed by atoms with Gasteiger partial charge in [-0.05, 0) is 18.2 Å². The summed E-state index contributed by atoms with van der Waals surface area (Å²) in [7, 11) is 1.12. The van der Waals surface area contributed by atoms with E-state index in [2.05, 4.69) is 9.72 Å². The van der Waals surface area contributed by atoms with Crippen LogP contribution >= 0.6 is 0 Å². The number of pyridine rings is 1. The highest BCUT2D eigenvalue weighted by atomic mass is 19.2. The first kappa shape index (κ1) is 11.3. The number of carbonyl (C=O) groups excluding carboxylic acids is 1. The minimum absolute atomic E-state index is 0.0310. The number of methoxy groups -OCH3 is 1. The van der Waals surface area contributed by atoms with Crippen molar-refractivity contribution in [1.82, 2.24) is 4.98 Å². The van der Waals surface area contributed by atoms with Crippen LogP contribution in [0.15, 0.2) is 23.0 Å². The summed E-state index contributed by atoms with van der Waals surface area (Å²) in [4.78, 5) is 25.0. The minimum Gasteiger partial charge on any atom is -0.464 e. The predicted octanol–water partition coefficient (Wildman–Crippen LogP) is 1.59. The van der Waals surface area contributed by atoms with Crippen LogP contribution in [0, 0.1) is 11.6 Å². The molecule has 2 rings (SSSR count). The molecule has 0 saturated heterocycles. The normalized spacial score (nSPS) is 10.5. The molecule has 6 heteroatoms. The van der Waals surface area contributed by atoms with Crippen LogP contribution in [0.4, 0.5) is 8.78 Å². The Kier molecular flexibility index (Phi) is 2.63. The van der Waals surface area contributed by atoms with E-state index in [1.807, 2.05) is 0 Å². The molecule has 0 aliphatic heterocycles. The summed E-state index contributed by atoms with van der Waals surface area (Å²) in [6.45, 7) is 0. The highest BCUT2D eigenvalue weighted by Crippen LogP contribution is 2.18. The number of fused-ring (bicyclic) bond motifs is 1. The van der Waals surface area contributed by atoms with Gasteiger partial charge in [0.15, 0.2) is 11.6 Å². The lowest BCUT2D eigenvalue weighted by molar-refractivity contribution is 0.0594. The largest absolute Gasteiger partial charge is 0.464 e. The fraction of sp³-hybridized carbons (Fsp3) is 0.0909. The average molecular weight is 239 g/mol. The molecule has 0 aliphatic rings. The first-order valence-corrected chi connectivity index (χ1v) is 4.64. The molecule has 0 unspecified atom stereocenters. The van der Waals surface area contributed by atoms with Crippen molar-refractivity contribution in [2.45, 2.75) is 0 Å². The Hall–Kier alpha value is -2.24. The van der Waals surface area contributed by atoms with Gasteiger partial charge in [0, 0.05) is 5.39 Å². The van der Waals surface area contributed by atoms with Gasteiger partial charge in [0.1, 0.15) is 5.69 Å². The van der Waals surface area contributed by atoms with Crippen molar-refractivity contribution < 1.29 is 18.3 Å². The summed E-state index contributed by atoms with van der Waals surface area (Å²) in [5.41, 5.74) is -0.906. The molecule has 0 amide bonds. The number of esters is 1. The van der Waals surface area contributed by atoms with Crippen LogP contribution in [-0.4, -0.2) is 18.1 Å². The molecular weight excluding hydrogens is 232 g/mol. The molecular formula is C11H7F2NO3. The van der Waals surface area contributed by atoms with Crippen molar-refractivity contribution in [2.24, 2.45) is 0 Å². The Bertz CT molecular complexity index is 664. The topological polar surface area (TPSA) is 59.2 Å². The molecule has 4 nitrogen and oxygen atoms in total. The molecule has 1 N–H and O–H groups in total. The van der Waals surface area contributed by atoms with E-state index in [1.54, 1.807) is 0 Å². The lowest BCUT2D eigenvalue weighted by atomic mass is 10.1. The zero-order valence-electron chi connectivity index (χ0n) is 8.71. The zero-order valence-corrected chi connectivity index (χ0v) is 8.71. The van der Waals surface area contributed by atoms with Crippen LogP contribution in [0.2, 0.25) is 0 Å². The summed E-state index contributed by atoms with van der Waals surface area (Å²) in [5, 5.41) is -0.286. The fourth-order valence-electron chi connectivity index (χ4n) is 1.50. The van der Waals surface area contributed by atoms with Crippen LogP contribution in [-0.2, 0) is 4.74 Å². The molecule has 0 saturated carbocycles. The molecule has 0 bridgehead atoms. The molecule has 1 aromatic carbocycles. The first-order valence-electron chi connectivity index (χ1n) is 4.64. The molecule has 88 valence electrons. The van der Waals surface area contributed by atoms with E-state index in [9.17, 15) is 18.4 Å². The predicted molar refractivity (Wildman–Crippen MR) is 55.8 cm³/mol. The smallest absolute Gasteiger partial charge is 0.354 e. The Morgan fingerprint density at radius 2 is 2.00 bits per heavy atom. The number of aromatic nitrogens is 1. The molecule has 0 aliphatic carbocycles. The highest BCUT2D eigenvalue weighted by molar-refractivity contribution is 5.93. The van der Waals surface area contributed by atoms with E-state index < -0.39 is 23.2 Å². The summed E-state index contributed by atoms with van der Waals surface area (Å²) in [5.74, 6) is -3.08. The van der Waals surface area contributed by atoms with Gasteiger partial charge in [0.2, 0.25) is 0 Å². The number of hydrogen-bond donors (Lipinski definition) is 1. The zero-order chi connectivity index (χ0) is 12.6. The highest BCUT2D eigenvalue weighted by Gasteiger charge is 2.14. The molecule has 1 heterocycles. The molecule has 2 aromatic rings. The number of carbonyl (C=O) groups is 1. The number of benzene rings is 1. The Morgan fingerprint density at radius 3 is 2.65 bits per heavy atom. The number of nitrogens with one attached hydrogen (secondary N) is 1. The van der Waals surface area contributed by atoms with Gasteiger partial charge < -0.3 is 9.72 Å². The lowest BCUT2D eigenvalue weighted by Crippen LogP contribution is -2.15. The third-order valence-corrected chi connectivity index (χ3v) is 2.32. The maximum atomic E-state index is 13.4. The van der Waals surface area contributed by atoms with E-state index in [4.69, 9.17) is 0 Å². The molecule has 0 radical (unpaired) electrons. The van der Waals surface area contributed by atoms with Gasteiger partial charge in [-0.2, -0.15) is 0 Å². The van der Waals surface area contributed by atoms with Gasteiger partial charge >= 0.3 is 5.97 Å². The Labute approximate surface area is 93.8 Å². The number of rotatable bonds is 1. The second kappa shape index (κ2) is 3.97. The van der Waals surface area contributed by atoms with Crippen molar-refractivity contribution in [1.29, 1.82) is 0 Å². The van der Waals surface area contributed by atoms with Crippen LogP contribution < -0.4 is 5.56 Å².